The SMILES string of the molecule is CC1=NN(C(=O)c2cccnc2)[C@](C)(NNC(=O)c2cccnc2)C1. The molecule has 3 rings (SSSR count). The smallest absolute Gasteiger partial charge is 0.277 e. The average molecular weight is 338 g/mol. The van der Waals surface area contributed by atoms with Crippen molar-refractivity contribution < 1.29 is 9.59 Å². The Morgan fingerprint density at radius 3 is 2.36 bits per heavy atom. The lowest BCUT2D eigenvalue weighted by molar-refractivity contribution is 0.0438. The largest absolute Gasteiger partial charge is 0.285 e. The molecule has 0 unspecified atom stereocenters. The van der Waals surface area contributed by atoms with Crippen molar-refractivity contribution in [3.05, 3.63) is 60.2 Å². The number of nitrogens with one attached hydrogen (secondary N) is 2. The maximum absolute atomic E-state index is 12.7. The van der Waals surface area contributed by atoms with Crippen LogP contribution in [0.4, 0.5) is 0 Å². The standard InChI is InChI=1S/C17H18N6O2/c1-12-9-17(2,22-20-15(24)13-5-3-7-18-10-13)23(21-12)16(25)14-6-4-8-19-11-14/h3-8,10-11,22H,9H2,1-2H3,(H,20,24)/t17-/m0/s1. The molecule has 0 aromatic carbocycles. The van der Waals surface area contributed by atoms with E-state index in [0.29, 0.717) is 17.5 Å². The normalized spacial score (nSPS) is 19.4. The molecule has 2 amide bonds. The third kappa shape index (κ3) is 3.53. The van der Waals surface area contributed by atoms with Crippen LogP contribution in [0.15, 0.2) is 54.2 Å². The van der Waals surface area contributed by atoms with Gasteiger partial charge in [0.1, 0.15) is 5.66 Å². The molecule has 0 spiro atoms. The van der Waals surface area contributed by atoms with E-state index >= 15 is 0 Å². The van der Waals surface area contributed by atoms with Crippen LogP contribution in [0.5, 0.6) is 0 Å². The number of pyridine rings is 2. The topological polar surface area (TPSA) is 99.6 Å². The Balaban J connectivity index is 1.75. The highest BCUT2D eigenvalue weighted by atomic mass is 16.2. The summed E-state index contributed by atoms with van der Waals surface area (Å²) in [5.41, 5.74) is 6.30. The summed E-state index contributed by atoms with van der Waals surface area (Å²) in [6, 6.07) is 6.70. The van der Waals surface area contributed by atoms with E-state index in [1.54, 1.807) is 43.6 Å². The number of hydrogen-bond donors (Lipinski definition) is 2. The summed E-state index contributed by atoms with van der Waals surface area (Å²) >= 11 is 0. The van der Waals surface area contributed by atoms with E-state index in [9.17, 15) is 9.59 Å². The number of hydrazine groups is 1. The molecular weight excluding hydrogens is 320 g/mol. The third-order valence-corrected chi connectivity index (χ3v) is 3.81. The predicted molar refractivity (Wildman–Crippen MR) is 91.4 cm³/mol. The zero-order valence-corrected chi connectivity index (χ0v) is 13.9. The van der Waals surface area contributed by atoms with Crippen LogP contribution in [0.2, 0.25) is 0 Å². The fourth-order valence-corrected chi connectivity index (χ4v) is 2.63. The number of amides is 2. The number of aromatic nitrogens is 2. The summed E-state index contributed by atoms with van der Waals surface area (Å²) < 4.78 is 0. The molecule has 0 saturated carbocycles. The Morgan fingerprint density at radius 1 is 1.12 bits per heavy atom. The minimum Gasteiger partial charge on any atom is -0.285 e. The Morgan fingerprint density at radius 2 is 1.76 bits per heavy atom. The van der Waals surface area contributed by atoms with Gasteiger partial charge in [-0.2, -0.15) is 5.10 Å². The molecule has 1 aliphatic rings. The van der Waals surface area contributed by atoms with Crippen molar-refractivity contribution in [1.29, 1.82) is 0 Å². The first-order valence-corrected chi connectivity index (χ1v) is 7.76. The molecule has 1 atom stereocenters. The number of carbonyl (C=O) groups excluding carboxylic acids is 2. The molecule has 1 aliphatic heterocycles. The maximum atomic E-state index is 12.7. The first-order chi connectivity index (χ1) is 12.0. The van der Waals surface area contributed by atoms with E-state index < -0.39 is 5.66 Å². The van der Waals surface area contributed by atoms with Crippen LogP contribution in [-0.4, -0.2) is 38.2 Å². The molecule has 3 heterocycles. The van der Waals surface area contributed by atoms with Gasteiger partial charge in [0.15, 0.2) is 0 Å². The zero-order valence-electron chi connectivity index (χ0n) is 13.9. The van der Waals surface area contributed by atoms with Gasteiger partial charge in [-0.15, -0.1) is 0 Å². The van der Waals surface area contributed by atoms with E-state index in [-0.39, 0.29) is 11.8 Å². The second-order valence-corrected chi connectivity index (χ2v) is 5.97. The van der Waals surface area contributed by atoms with Crippen LogP contribution in [0.3, 0.4) is 0 Å². The molecule has 25 heavy (non-hydrogen) atoms. The molecule has 8 nitrogen and oxygen atoms in total. The molecule has 2 N–H and O–H groups in total. The van der Waals surface area contributed by atoms with Gasteiger partial charge in [-0.3, -0.25) is 25.0 Å². The summed E-state index contributed by atoms with van der Waals surface area (Å²) in [5.74, 6) is -0.636. The zero-order chi connectivity index (χ0) is 17.9. The van der Waals surface area contributed by atoms with Gasteiger partial charge in [-0.25, -0.2) is 10.4 Å². The van der Waals surface area contributed by atoms with Gasteiger partial charge < -0.3 is 0 Å². The number of nitrogens with zero attached hydrogens (tertiary/aromatic N) is 4. The first kappa shape index (κ1) is 16.7. The minimum atomic E-state index is -0.880. The van der Waals surface area contributed by atoms with Crippen molar-refractivity contribution in [2.75, 3.05) is 0 Å². The third-order valence-electron chi connectivity index (χ3n) is 3.81. The molecule has 0 fully saturated rings. The van der Waals surface area contributed by atoms with Gasteiger partial charge in [-0.1, -0.05) is 0 Å². The fraction of sp³-hybridized carbons (Fsp3) is 0.235. The lowest BCUT2D eigenvalue weighted by atomic mass is 10.1. The lowest BCUT2D eigenvalue weighted by Crippen LogP contribution is -2.60. The molecule has 0 saturated heterocycles. The van der Waals surface area contributed by atoms with E-state index in [1.807, 2.05) is 6.92 Å². The molecule has 128 valence electrons. The highest BCUT2D eigenvalue weighted by Crippen LogP contribution is 2.26. The minimum absolute atomic E-state index is 0.296. The highest BCUT2D eigenvalue weighted by Gasteiger charge is 2.41. The van der Waals surface area contributed by atoms with Gasteiger partial charge >= 0.3 is 0 Å². The van der Waals surface area contributed by atoms with Crippen LogP contribution >= 0.6 is 0 Å². The van der Waals surface area contributed by atoms with Crippen molar-refractivity contribution in [3.8, 4) is 0 Å². The quantitative estimate of drug-likeness (QED) is 0.820. The van der Waals surface area contributed by atoms with Gasteiger partial charge in [0.25, 0.3) is 11.8 Å². The van der Waals surface area contributed by atoms with Gasteiger partial charge in [0.05, 0.1) is 11.1 Å². The van der Waals surface area contributed by atoms with E-state index in [4.69, 9.17) is 0 Å². The second kappa shape index (κ2) is 6.78. The van der Waals surface area contributed by atoms with Crippen LogP contribution in [-0.2, 0) is 0 Å². The van der Waals surface area contributed by atoms with Crippen molar-refractivity contribution in [3.63, 3.8) is 0 Å². The Kier molecular flexibility index (Phi) is 4.53. The van der Waals surface area contributed by atoms with Gasteiger partial charge in [0, 0.05) is 36.9 Å². The van der Waals surface area contributed by atoms with E-state index in [0.717, 1.165) is 5.71 Å². The van der Waals surface area contributed by atoms with Gasteiger partial charge in [-0.05, 0) is 38.1 Å². The van der Waals surface area contributed by atoms with Crippen molar-refractivity contribution in [1.82, 2.24) is 25.8 Å². The highest BCUT2D eigenvalue weighted by molar-refractivity contribution is 5.98. The average Bonchev–Trinajstić information content (AvgIpc) is 2.95. The number of hydrogen-bond acceptors (Lipinski definition) is 6. The summed E-state index contributed by atoms with van der Waals surface area (Å²) in [5, 5.41) is 5.65. The second-order valence-electron chi connectivity index (χ2n) is 5.97. The Labute approximate surface area is 144 Å². The summed E-state index contributed by atoms with van der Waals surface area (Å²) in [6.45, 7) is 3.63. The van der Waals surface area contributed by atoms with Crippen LogP contribution < -0.4 is 10.9 Å². The molecule has 0 radical (unpaired) electrons. The molecule has 8 heteroatoms. The molecular formula is C17H18N6O2. The van der Waals surface area contributed by atoms with Crippen LogP contribution in [0, 0.1) is 0 Å². The van der Waals surface area contributed by atoms with Gasteiger partial charge in [0.2, 0.25) is 0 Å². The van der Waals surface area contributed by atoms with E-state index in [2.05, 4.69) is 25.9 Å². The molecule has 0 aliphatic carbocycles. The van der Waals surface area contributed by atoms with Crippen LogP contribution in [0.1, 0.15) is 41.0 Å². The fourth-order valence-electron chi connectivity index (χ4n) is 2.63. The monoisotopic (exact) mass is 338 g/mol. The van der Waals surface area contributed by atoms with Crippen molar-refractivity contribution >= 4 is 17.5 Å². The van der Waals surface area contributed by atoms with Crippen molar-refractivity contribution in [2.45, 2.75) is 25.9 Å². The molecule has 2 aromatic heterocycles. The Bertz CT molecular complexity index is 808. The molecule has 2 aromatic rings. The van der Waals surface area contributed by atoms with Crippen molar-refractivity contribution in [2.24, 2.45) is 5.10 Å². The maximum Gasteiger partial charge on any atom is 0.277 e. The predicted octanol–water partition coefficient (Wildman–Crippen LogP) is 1.35. The number of carbonyl (C=O) groups is 2. The summed E-state index contributed by atoms with van der Waals surface area (Å²) in [4.78, 5) is 32.8. The Hall–Kier alpha value is -3.13. The number of hydrazone groups is 1. The summed E-state index contributed by atoms with van der Waals surface area (Å²) in [6.07, 6.45) is 6.62. The lowest BCUT2D eigenvalue weighted by Gasteiger charge is -2.33. The molecule has 0 bridgehead atoms. The number of rotatable bonds is 4. The summed E-state index contributed by atoms with van der Waals surface area (Å²) in [7, 11) is 0. The van der Waals surface area contributed by atoms with Crippen LogP contribution in [0.25, 0.3) is 0 Å². The van der Waals surface area contributed by atoms with E-state index in [1.165, 1.54) is 17.4 Å². The first-order valence-electron chi connectivity index (χ1n) is 7.76.